The molecule has 1 fully saturated rings. The van der Waals surface area contributed by atoms with Crippen LogP contribution < -0.4 is 5.43 Å². The van der Waals surface area contributed by atoms with Gasteiger partial charge >= 0.3 is 0 Å². The SMILES string of the molecule is O=C1CCN(Cc2ccccc2[N+](=O)[O-])N1. The number of rotatable bonds is 3. The highest BCUT2D eigenvalue weighted by Gasteiger charge is 2.21. The Labute approximate surface area is 92.0 Å². The van der Waals surface area contributed by atoms with E-state index in [4.69, 9.17) is 0 Å². The van der Waals surface area contributed by atoms with Gasteiger partial charge in [0.05, 0.1) is 4.92 Å². The maximum atomic E-state index is 11.0. The van der Waals surface area contributed by atoms with Crippen LogP contribution in [0, 0.1) is 10.1 Å². The van der Waals surface area contributed by atoms with E-state index in [0.717, 1.165) is 0 Å². The number of nitro benzene ring substituents is 1. The third kappa shape index (κ3) is 2.17. The van der Waals surface area contributed by atoms with Crippen LogP contribution in [0.5, 0.6) is 0 Å². The molecule has 1 aliphatic rings. The third-order valence-corrected chi connectivity index (χ3v) is 2.44. The molecule has 6 heteroatoms. The minimum Gasteiger partial charge on any atom is -0.289 e. The van der Waals surface area contributed by atoms with Crippen LogP contribution in [0.2, 0.25) is 0 Å². The molecule has 1 aromatic rings. The van der Waals surface area contributed by atoms with Crippen LogP contribution in [0.25, 0.3) is 0 Å². The van der Waals surface area contributed by atoms with Gasteiger partial charge in [-0.25, -0.2) is 5.01 Å². The summed E-state index contributed by atoms with van der Waals surface area (Å²) in [4.78, 5) is 21.3. The van der Waals surface area contributed by atoms with Crippen LogP contribution in [0.15, 0.2) is 24.3 Å². The standard InChI is InChI=1S/C10H11N3O3/c14-10-5-6-12(11-10)7-8-3-1-2-4-9(8)13(15)16/h1-4H,5-7H2,(H,11,14). The first-order valence-electron chi connectivity index (χ1n) is 4.93. The van der Waals surface area contributed by atoms with Gasteiger partial charge in [-0.1, -0.05) is 18.2 Å². The molecule has 0 aliphatic carbocycles. The van der Waals surface area contributed by atoms with E-state index in [2.05, 4.69) is 5.43 Å². The Hall–Kier alpha value is -1.95. The number of nitrogens with zero attached hydrogens (tertiary/aromatic N) is 2. The van der Waals surface area contributed by atoms with Crippen LogP contribution in [0.4, 0.5) is 5.69 Å². The minimum absolute atomic E-state index is 0.0430. The molecule has 0 radical (unpaired) electrons. The van der Waals surface area contributed by atoms with Crippen molar-refractivity contribution in [2.45, 2.75) is 13.0 Å². The fraction of sp³-hybridized carbons (Fsp3) is 0.300. The molecule has 0 saturated carbocycles. The number of amides is 1. The Morgan fingerprint density at radius 1 is 1.44 bits per heavy atom. The fourth-order valence-corrected chi connectivity index (χ4v) is 1.67. The lowest BCUT2D eigenvalue weighted by Crippen LogP contribution is -2.32. The topological polar surface area (TPSA) is 75.5 Å². The Morgan fingerprint density at radius 3 is 2.81 bits per heavy atom. The zero-order chi connectivity index (χ0) is 11.5. The third-order valence-electron chi connectivity index (χ3n) is 2.44. The molecule has 2 rings (SSSR count). The minimum atomic E-state index is -0.409. The average molecular weight is 221 g/mol. The average Bonchev–Trinajstić information content (AvgIpc) is 2.64. The number of carbonyl (C=O) groups excluding carboxylic acids is 1. The van der Waals surface area contributed by atoms with Gasteiger partial charge in [0.25, 0.3) is 5.69 Å². The molecule has 1 heterocycles. The first-order chi connectivity index (χ1) is 7.66. The van der Waals surface area contributed by atoms with Gasteiger partial charge in [-0.05, 0) is 0 Å². The molecule has 1 aliphatic heterocycles. The molecule has 0 unspecified atom stereocenters. The van der Waals surface area contributed by atoms with Crippen LogP contribution in [-0.4, -0.2) is 22.4 Å². The second kappa shape index (κ2) is 4.28. The molecule has 1 saturated heterocycles. The lowest BCUT2D eigenvalue weighted by atomic mass is 10.2. The number of hydrazine groups is 1. The van der Waals surface area contributed by atoms with E-state index in [0.29, 0.717) is 25.1 Å². The van der Waals surface area contributed by atoms with Crippen molar-refractivity contribution >= 4 is 11.6 Å². The highest BCUT2D eigenvalue weighted by Crippen LogP contribution is 2.19. The summed E-state index contributed by atoms with van der Waals surface area (Å²) in [5, 5.41) is 12.4. The summed E-state index contributed by atoms with van der Waals surface area (Å²) < 4.78 is 0. The molecular weight excluding hydrogens is 210 g/mol. The van der Waals surface area contributed by atoms with Crippen molar-refractivity contribution in [1.82, 2.24) is 10.4 Å². The first kappa shape index (κ1) is 10.6. The summed E-state index contributed by atoms with van der Waals surface area (Å²) in [7, 11) is 0. The van der Waals surface area contributed by atoms with Crippen molar-refractivity contribution in [2.75, 3.05) is 6.54 Å². The summed E-state index contributed by atoms with van der Waals surface area (Å²) in [6.07, 6.45) is 0.445. The van der Waals surface area contributed by atoms with Crippen molar-refractivity contribution in [3.63, 3.8) is 0 Å². The Morgan fingerprint density at radius 2 is 2.19 bits per heavy atom. The predicted octanol–water partition coefficient (Wildman–Crippen LogP) is 0.832. The summed E-state index contributed by atoms with van der Waals surface area (Å²) in [6.45, 7) is 0.952. The molecule has 0 aromatic heterocycles. The number of carbonyl (C=O) groups is 1. The van der Waals surface area contributed by atoms with Gasteiger partial charge in [0.15, 0.2) is 0 Å². The summed E-state index contributed by atoms with van der Waals surface area (Å²) in [6, 6.07) is 6.54. The maximum absolute atomic E-state index is 11.0. The van der Waals surface area contributed by atoms with E-state index in [1.54, 1.807) is 23.2 Å². The lowest BCUT2D eigenvalue weighted by Gasteiger charge is -2.14. The van der Waals surface area contributed by atoms with Crippen LogP contribution in [-0.2, 0) is 11.3 Å². The second-order valence-electron chi connectivity index (χ2n) is 3.59. The normalized spacial score (nSPS) is 16.1. The van der Waals surface area contributed by atoms with Gasteiger partial charge in [-0.3, -0.25) is 20.3 Å². The molecular formula is C10H11N3O3. The zero-order valence-corrected chi connectivity index (χ0v) is 8.55. The molecule has 0 atom stereocenters. The Bertz CT molecular complexity index is 433. The zero-order valence-electron chi connectivity index (χ0n) is 8.55. The van der Waals surface area contributed by atoms with E-state index in [-0.39, 0.29) is 11.6 Å². The smallest absolute Gasteiger partial charge is 0.273 e. The Balaban J connectivity index is 2.14. The van der Waals surface area contributed by atoms with E-state index >= 15 is 0 Å². The second-order valence-corrected chi connectivity index (χ2v) is 3.59. The molecule has 1 amide bonds. The summed E-state index contributed by atoms with van der Waals surface area (Å²) in [5.41, 5.74) is 3.33. The molecule has 1 aromatic carbocycles. The maximum Gasteiger partial charge on any atom is 0.273 e. The molecule has 0 spiro atoms. The number of hydrogen-bond acceptors (Lipinski definition) is 4. The largest absolute Gasteiger partial charge is 0.289 e. The number of para-hydroxylation sites is 1. The highest BCUT2D eigenvalue weighted by atomic mass is 16.6. The van der Waals surface area contributed by atoms with Crippen molar-refractivity contribution in [3.05, 3.63) is 39.9 Å². The number of benzene rings is 1. The van der Waals surface area contributed by atoms with E-state index in [9.17, 15) is 14.9 Å². The number of hydrogen-bond donors (Lipinski definition) is 1. The fourth-order valence-electron chi connectivity index (χ4n) is 1.67. The van der Waals surface area contributed by atoms with Gasteiger partial charge in [0.2, 0.25) is 5.91 Å². The van der Waals surface area contributed by atoms with E-state index in [1.807, 2.05) is 0 Å². The molecule has 6 nitrogen and oxygen atoms in total. The Kier molecular flexibility index (Phi) is 2.82. The molecule has 84 valence electrons. The van der Waals surface area contributed by atoms with Gasteiger partial charge in [-0.2, -0.15) is 0 Å². The van der Waals surface area contributed by atoms with E-state index in [1.165, 1.54) is 6.07 Å². The quantitative estimate of drug-likeness (QED) is 0.606. The van der Waals surface area contributed by atoms with Gasteiger partial charge in [0, 0.05) is 31.1 Å². The van der Waals surface area contributed by atoms with Crippen molar-refractivity contribution < 1.29 is 9.72 Å². The molecule has 16 heavy (non-hydrogen) atoms. The molecule has 0 bridgehead atoms. The number of nitro groups is 1. The van der Waals surface area contributed by atoms with Crippen molar-refractivity contribution in [3.8, 4) is 0 Å². The monoisotopic (exact) mass is 221 g/mol. The summed E-state index contributed by atoms with van der Waals surface area (Å²) in [5.74, 6) is -0.0430. The van der Waals surface area contributed by atoms with Gasteiger partial charge in [-0.15, -0.1) is 0 Å². The summed E-state index contributed by atoms with van der Waals surface area (Å²) >= 11 is 0. The van der Waals surface area contributed by atoms with Gasteiger partial charge < -0.3 is 0 Å². The predicted molar refractivity (Wildman–Crippen MR) is 56.3 cm³/mol. The highest BCUT2D eigenvalue weighted by molar-refractivity contribution is 5.77. The first-order valence-corrected chi connectivity index (χ1v) is 4.93. The molecule has 1 N–H and O–H groups in total. The van der Waals surface area contributed by atoms with Crippen LogP contribution in [0.3, 0.4) is 0 Å². The van der Waals surface area contributed by atoms with Gasteiger partial charge in [0.1, 0.15) is 0 Å². The van der Waals surface area contributed by atoms with E-state index < -0.39 is 4.92 Å². The van der Waals surface area contributed by atoms with Crippen molar-refractivity contribution in [2.24, 2.45) is 0 Å². The lowest BCUT2D eigenvalue weighted by molar-refractivity contribution is -0.385. The van der Waals surface area contributed by atoms with Crippen LogP contribution in [0.1, 0.15) is 12.0 Å². The number of nitrogens with one attached hydrogen (secondary N) is 1. The van der Waals surface area contributed by atoms with Crippen molar-refractivity contribution in [1.29, 1.82) is 0 Å². The van der Waals surface area contributed by atoms with Crippen LogP contribution >= 0.6 is 0 Å².